The van der Waals surface area contributed by atoms with Crippen molar-refractivity contribution in [1.29, 1.82) is 0 Å². The topological polar surface area (TPSA) is 102 Å². The number of rotatable bonds is 5. The smallest absolute Gasteiger partial charge is 0.271 e. The standard InChI is InChI=1S/C15H16FN5O3/c1-9-14(21(23)24)10(2)20(19-9)11(3)15(22)18-17-8-12-4-6-13(16)7-5-12/h4-8,11H,1-3H3,(H,18,22)/b17-8+. The van der Waals surface area contributed by atoms with Crippen LogP contribution in [0.25, 0.3) is 0 Å². The Morgan fingerprint density at radius 1 is 1.42 bits per heavy atom. The largest absolute Gasteiger partial charge is 0.312 e. The van der Waals surface area contributed by atoms with E-state index in [1.807, 2.05) is 0 Å². The Kier molecular flexibility index (Phi) is 5.02. The van der Waals surface area contributed by atoms with Gasteiger partial charge in [0.25, 0.3) is 5.91 Å². The molecule has 1 aromatic carbocycles. The van der Waals surface area contributed by atoms with Gasteiger partial charge in [-0.15, -0.1) is 0 Å². The molecule has 1 amide bonds. The molecule has 0 saturated heterocycles. The van der Waals surface area contributed by atoms with E-state index < -0.39 is 16.9 Å². The molecule has 24 heavy (non-hydrogen) atoms. The van der Waals surface area contributed by atoms with Gasteiger partial charge in [-0.1, -0.05) is 12.1 Å². The minimum atomic E-state index is -0.775. The highest BCUT2D eigenvalue weighted by atomic mass is 19.1. The molecule has 0 aliphatic carbocycles. The highest BCUT2D eigenvalue weighted by Crippen LogP contribution is 2.24. The molecule has 1 atom stereocenters. The quantitative estimate of drug-likeness (QED) is 0.515. The Morgan fingerprint density at radius 3 is 2.58 bits per heavy atom. The number of nitrogens with one attached hydrogen (secondary N) is 1. The Balaban J connectivity index is 2.08. The van der Waals surface area contributed by atoms with Gasteiger partial charge < -0.3 is 0 Å². The van der Waals surface area contributed by atoms with Crippen LogP contribution in [-0.2, 0) is 4.79 Å². The summed E-state index contributed by atoms with van der Waals surface area (Å²) in [5.41, 5.74) is 3.38. The molecule has 1 aromatic heterocycles. The van der Waals surface area contributed by atoms with Crippen molar-refractivity contribution in [2.75, 3.05) is 0 Å². The number of hydrazone groups is 1. The van der Waals surface area contributed by atoms with E-state index in [0.29, 0.717) is 11.3 Å². The molecule has 9 heteroatoms. The minimum Gasteiger partial charge on any atom is -0.271 e. The second-order valence-corrected chi connectivity index (χ2v) is 5.18. The molecule has 2 aromatic rings. The number of hydrogen-bond acceptors (Lipinski definition) is 5. The first kappa shape index (κ1) is 17.3. The van der Waals surface area contributed by atoms with Crippen LogP contribution in [0.5, 0.6) is 0 Å². The zero-order valence-corrected chi connectivity index (χ0v) is 13.4. The van der Waals surface area contributed by atoms with Crippen molar-refractivity contribution in [3.05, 3.63) is 57.1 Å². The van der Waals surface area contributed by atoms with Crippen molar-refractivity contribution in [3.63, 3.8) is 0 Å². The fraction of sp³-hybridized carbons (Fsp3) is 0.267. The average Bonchev–Trinajstić information content (AvgIpc) is 2.83. The number of benzene rings is 1. The first-order valence-corrected chi connectivity index (χ1v) is 7.10. The molecular weight excluding hydrogens is 317 g/mol. The molecule has 0 aliphatic rings. The molecule has 1 N–H and O–H groups in total. The molecule has 1 heterocycles. The molecule has 2 rings (SSSR count). The second-order valence-electron chi connectivity index (χ2n) is 5.18. The van der Waals surface area contributed by atoms with Gasteiger partial charge in [-0.2, -0.15) is 10.2 Å². The fourth-order valence-electron chi connectivity index (χ4n) is 2.22. The van der Waals surface area contributed by atoms with E-state index in [1.54, 1.807) is 6.92 Å². The first-order chi connectivity index (χ1) is 11.3. The number of aromatic nitrogens is 2. The summed E-state index contributed by atoms with van der Waals surface area (Å²) in [4.78, 5) is 22.6. The lowest BCUT2D eigenvalue weighted by atomic mass is 10.2. The summed E-state index contributed by atoms with van der Waals surface area (Å²) in [6.45, 7) is 4.61. The predicted molar refractivity (Wildman–Crippen MR) is 85.2 cm³/mol. The third-order valence-electron chi connectivity index (χ3n) is 3.47. The van der Waals surface area contributed by atoms with Gasteiger partial charge in [0, 0.05) is 0 Å². The number of aryl methyl sites for hydroxylation is 1. The third-order valence-corrected chi connectivity index (χ3v) is 3.47. The van der Waals surface area contributed by atoms with E-state index in [4.69, 9.17) is 0 Å². The van der Waals surface area contributed by atoms with Gasteiger partial charge in [0.05, 0.1) is 11.1 Å². The Bertz CT molecular complexity index is 798. The number of halogens is 1. The Morgan fingerprint density at radius 2 is 2.04 bits per heavy atom. The fourth-order valence-corrected chi connectivity index (χ4v) is 2.22. The lowest BCUT2D eigenvalue weighted by molar-refractivity contribution is -0.386. The van der Waals surface area contributed by atoms with Crippen LogP contribution >= 0.6 is 0 Å². The van der Waals surface area contributed by atoms with E-state index in [-0.39, 0.29) is 17.2 Å². The van der Waals surface area contributed by atoms with Gasteiger partial charge in [0.15, 0.2) is 0 Å². The van der Waals surface area contributed by atoms with Crippen molar-refractivity contribution in [2.24, 2.45) is 5.10 Å². The van der Waals surface area contributed by atoms with Crippen LogP contribution in [-0.4, -0.2) is 26.8 Å². The first-order valence-electron chi connectivity index (χ1n) is 7.10. The van der Waals surface area contributed by atoms with Gasteiger partial charge in [0.1, 0.15) is 23.2 Å². The van der Waals surface area contributed by atoms with Crippen molar-refractivity contribution in [1.82, 2.24) is 15.2 Å². The number of carbonyl (C=O) groups excluding carboxylic acids is 1. The van der Waals surface area contributed by atoms with Crippen molar-refractivity contribution in [2.45, 2.75) is 26.8 Å². The summed E-state index contributed by atoms with van der Waals surface area (Å²) >= 11 is 0. The summed E-state index contributed by atoms with van der Waals surface area (Å²) < 4.78 is 14.1. The molecular formula is C15H16FN5O3. The van der Waals surface area contributed by atoms with Crippen LogP contribution in [0.15, 0.2) is 29.4 Å². The SMILES string of the molecule is Cc1nn(C(C)C(=O)N/N=C/c2ccc(F)cc2)c(C)c1[N+](=O)[O-]. The number of nitro groups is 1. The van der Waals surface area contributed by atoms with Crippen LogP contribution in [0.1, 0.15) is 29.9 Å². The predicted octanol–water partition coefficient (Wildman–Crippen LogP) is 2.26. The van der Waals surface area contributed by atoms with Crippen LogP contribution < -0.4 is 5.43 Å². The minimum absolute atomic E-state index is 0.107. The van der Waals surface area contributed by atoms with Crippen LogP contribution in [0.2, 0.25) is 0 Å². The van der Waals surface area contributed by atoms with Crippen LogP contribution in [0.3, 0.4) is 0 Å². The summed E-state index contributed by atoms with van der Waals surface area (Å²) in [6, 6.07) is 4.81. The number of carbonyl (C=O) groups is 1. The lowest BCUT2D eigenvalue weighted by Gasteiger charge is -2.11. The maximum absolute atomic E-state index is 12.8. The van der Waals surface area contributed by atoms with E-state index in [0.717, 1.165) is 0 Å². The van der Waals surface area contributed by atoms with Crippen molar-refractivity contribution in [3.8, 4) is 0 Å². The number of nitrogens with zero attached hydrogens (tertiary/aromatic N) is 4. The van der Waals surface area contributed by atoms with Gasteiger partial charge in [0.2, 0.25) is 0 Å². The van der Waals surface area contributed by atoms with Gasteiger partial charge in [-0.25, -0.2) is 9.82 Å². The highest BCUT2D eigenvalue weighted by Gasteiger charge is 2.26. The molecule has 1 unspecified atom stereocenters. The molecule has 126 valence electrons. The zero-order valence-electron chi connectivity index (χ0n) is 13.4. The summed E-state index contributed by atoms with van der Waals surface area (Å²) in [7, 11) is 0. The van der Waals surface area contributed by atoms with Gasteiger partial charge in [-0.05, 0) is 38.5 Å². The van der Waals surface area contributed by atoms with E-state index >= 15 is 0 Å². The van der Waals surface area contributed by atoms with Gasteiger partial charge in [-0.3, -0.25) is 19.6 Å². The van der Waals surface area contributed by atoms with Crippen LogP contribution in [0, 0.1) is 29.8 Å². The average molecular weight is 333 g/mol. The monoisotopic (exact) mass is 333 g/mol. The molecule has 0 fully saturated rings. The van der Waals surface area contributed by atoms with E-state index in [2.05, 4.69) is 15.6 Å². The Labute approximate surface area is 137 Å². The molecule has 8 nitrogen and oxygen atoms in total. The van der Waals surface area contributed by atoms with Crippen LogP contribution in [0.4, 0.5) is 10.1 Å². The summed E-state index contributed by atoms with van der Waals surface area (Å²) in [5.74, 6) is -0.843. The Hall–Kier alpha value is -3.10. The number of hydrogen-bond donors (Lipinski definition) is 1. The highest BCUT2D eigenvalue weighted by molar-refractivity contribution is 5.83. The molecule has 0 radical (unpaired) electrons. The molecule has 0 saturated carbocycles. The van der Waals surface area contributed by atoms with E-state index in [9.17, 15) is 19.3 Å². The lowest BCUT2D eigenvalue weighted by Crippen LogP contribution is -2.28. The normalized spacial score (nSPS) is 12.3. The summed E-state index contributed by atoms with van der Waals surface area (Å²) in [6.07, 6.45) is 1.37. The second kappa shape index (κ2) is 6.99. The third kappa shape index (κ3) is 3.62. The van der Waals surface area contributed by atoms with Crippen molar-refractivity contribution < 1.29 is 14.1 Å². The maximum Gasteiger partial charge on any atom is 0.312 e. The molecule has 0 aliphatic heterocycles. The van der Waals surface area contributed by atoms with Gasteiger partial charge >= 0.3 is 5.69 Å². The zero-order chi connectivity index (χ0) is 17.9. The summed E-state index contributed by atoms with van der Waals surface area (Å²) in [5, 5.41) is 18.8. The van der Waals surface area contributed by atoms with E-state index in [1.165, 1.54) is 49.0 Å². The van der Waals surface area contributed by atoms with Crippen molar-refractivity contribution >= 4 is 17.8 Å². The molecule has 0 bridgehead atoms. The number of amides is 1. The maximum atomic E-state index is 12.8. The molecule has 0 spiro atoms.